The van der Waals surface area contributed by atoms with Crippen molar-refractivity contribution >= 4 is 21.9 Å². The Labute approximate surface area is 126 Å². The molecule has 0 fully saturated rings. The maximum absolute atomic E-state index is 12.1. The van der Waals surface area contributed by atoms with Gasteiger partial charge in [-0.3, -0.25) is 9.59 Å². The number of hydrogen-bond donors (Lipinski definition) is 3. The van der Waals surface area contributed by atoms with Crippen molar-refractivity contribution in [3.05, 3.63) is 0 Å². The van der Waals surface area contributed by atoms with E-state index in [2.05, 4.69) is 10.0 Å². The normalized spacial score (nSPS) is 14.6. The number of amides is 1. The van der Waals surface area contributed by atoms with Crippen molar-refractivity contribution < 1.29 is 23.1 Å². The van der Waals surface area contributed by atoms with Crippen LogP contribution in [0.1, 0.15) is 41.0 Å². The average Bonchev–Trinajstić information content (AvgIpc) is 2.22. The quantitative estimate of drug-likeness (QED) is 0.634. The summed E-state index contributed by atoms with van der Waals surface area (Å²) < 4.78 is 25.0. The summed E-state index contributed by atoms with van der Waals surface area (Å²) in [6.07, 6.45) is 1.25. The first kappa shape index (κ1) is 19.9. The maximum Gasteiger partial charge on any atom is 0.309 e. The number of aliphatic carboxylic acids is 1. The van der Waals surface area contributed by atoms with Gasteiger partial charge in [0, 0.05) is 6.54 Å². The van der Waals surface area contributed by atoms with Crippen molar-refractivity contribution in [1.29, 1.82) is 0 Å². The van der Waals surface area contributed by atoms with E-state index in [-0.39, 0.29) is 13.0 Å². The monoisotopic (exact) mass is 322 g/mol. The van der Waals surface area contributed by atoms with E-state index in [4.69, 9.17) is 5.11 Å². The lowest BCUT2D eigenvalue weighted by atomic mass is 9.86. The fraction of sp³-hybridized carbons (Fsp3) is 0.846. The summed E-state index contributed by atoms with van der Waals surface area (Å²) >= 11 is 0. The lowest BCUT2D eigenvalue weighted by molar-refractivity contribution is -0.147. The molecule has 0 radical (unpaired) electrons. The molecule has 1 amide bonds. The Bertz CT molecular complexity index is 491. The third-order valence-electron chi connectivity index (χ3n) is 3.09. The molecule has 0 rings (SSSR count). The van der Waals surface area contributed by atoms with Crippen LogP contribution in [0.4, 0.5) is 0 Å². The first-order chi connectivity index (χ1) is 9.17. The second-order valence-electron chi connectivity index (χ2n) is 6.92. The molecule has 0 heterocycles. The van der Waals surface area contributed by atoms with E-state index in [9.17, 15) is 18.0 Å². The Morgan fingerprint density at radius 1 is 1.14 bits per heavy atom. The number of carbonyl (C=O) groups is 2. The van der Waals surface area contributed by atoms with Gasteiger partial charge >= 0.3 is 5.97 Å². The minimum atomic E-state index is -3.52. The van der Waals surface area contributed by atoms with Gasteiger partial charge in [0.1, 0.15) is 6.04 Å². The first-order valence-electron chi connectivity index (χ1n) is 6.65. The number of nitrogens with one attached hydrogen (secondary N) is 2. The van der Waals surface area contributed by atoms with Crippen LogP contribution in [0.3, 0.4) is 0 Å². The standard InChI is InChI=1S/C13H26N2O5S/c1-12(2,3)9(15-21(6,19)20)10(16)14-8-7-13(4,5)11(17)18/h9,15H,7-8H2,1-6H3,(H,14,16)(H,17,18). The van der Waals surface area contributed by atoms with Gasteiger partial charge in [0.05, 0.1) is 11.7 Å². The second kappa shape index (κ2) is 6.74. The van der Waals surface area contributed by atoms with Crippen LogP contribution in [0, 0.1) is 10.8 Å². The molecule has 0 aromatic rings. The number of carboxylic acids is 1. The zero-order valence-electron chi connectivity index (χ0n) is 13.5. The van der Waals surface area contributed by atoms with Crippen LogP contribution in [0.5, 0.6) is 0 Å². The zero-order valence-corrected chi connectivity index (χ0v) is 14.3. The molecule has 0 aliphatic rings. The van der Waals surface area contributed by atoms with Crippen LogP contribution in [-0.4, -0.2) is 44.2 Å². The Kier molecular flexibility index (Phi) is 6.37. The van der Waals surface area contributed by atoms with Gasteiger partial charge in [0.2, 0.25) is 15.9 Å². The fourth-order valence-electron chi connectivity index (χ4n) is 1.54. The predicted molar refractivity (Wildman–Crippen MR) is 80.3 cm³/mol. The molecule has 3 N–H and O–H groups in total. The summed E-state index contributed by atoms with van der Waals surface area (Å²) in [6, 6.07) is -0.916. The summed E-state index contributed by atoms with van der Waals surface area (Å²) in [5.41, 5.74) is -1.55. The topological polar surface area (TPSA) is 113 Å². The van der Waals surface area contributed by atoms with E-state index in [1.54, 1.807) is 34.6 Å². The van der Waals surface area contributed by atoms with Crippen molar-refractivity contribution in [2.75, 3.05) is 12.8 Å². The highest BCUT2D eigenvalue weighted by atomic mass is 32.2. The highest BCUT2D eigenvalue weighted by Crippen LogP contribution is 2.21. The highest BCUT2D eigenvalue weighted by molar-refractivity contribution is 7.88. The van der Waals surface area contributed by atoms with Gasteiger partial charge in [-0.25, -0.2) is 13.1 Å². The van der Waals surface area contributed by atoms with Gasteiger partial charge in [-0.1, -0.05) is 20.8 Å². The molecule has 0 bridgehead atoms. The number of rotatable bonds is 7. The van der Waals surface area contributed by atoms with Crippen molar-refractivity contribution in [3.8, 4) is 0 Å². The van der Waals surface area contributed by atoms with E-state index in [0.717, 1.165) is 6.26 Å². The van der Waals surface area contributed by atoms with Gasteiger partial charge in [0.25, 0.3) is 0 Å². The lowest BCUT2D eigenvalue weighted by Crippen LogP contribution is -2.53. The molecular weight excluding hydrogens is 296 g/mol. The van der Waals surface area contributed by atoms with Gasteiger partial charge in [-0.15, -0.1) is 0 Å². The van der Waals surface area contributed by atoms with E-state index >= 15 is 0 Å². The average molecular weight is 322 g/mol. The molecule has 0 aliphatic heterocycles. The van der Waals surface area contributed by atoms with Gasteiger partial charge in [-0.2, -0.15) is 0 Å². The molecule has 1 atom stereocenters. The van der Waals surface area contributed by atoms with Crippen LogP contribution in [0.15, 0.2) is 0 Å². The molecule has 7 nitrogen and oxygen atoms in total. The number of sulfonamides is 1. The van der Waals surface area contributed by atoms with Crippen LogP contribution < -0.4 is 10.0 Å². The molecule has 0 saturated heterocycles. The molecular formula is C13H26N2O5S. The zero-order chi connectivity index (χ0) is 17.1. The Hall–Kier alpha value is -1.15. The molecule has 8 heteroatoms. The summed E-state index contributed by atoms with van der Waals surface area (Å²) in [7, 11) is -3.52. The molecule has 0 spiro atoms. The Morgan fingerprint density at radius 2 is 1.62 bits per heavy atom. The number of carboxylic acid groups (broad SMARTS) is 1. The largest absolute Gasteiger partial charge is 0.481 e. The van der Waals surface area contributed by atoms with E-state index in [0.29, 0.717) is 0 Å². The molecule has 0 saturated carbocycles. The fourth-order valence-corrected chi connectivity index (χ4v) is 2.43. The van der Waals surface area contributed by atoms with Crippen molar-refractivity contribution in [3.63, 3.8) is 0 Å². The predicted octanol–water partition coefficient (Wildman–Crippen LogP) is 0.567. The molecule has 124 valence electrons. The van der Waals surface area contributed by atoms with Gasteiger partial charge < -0.3 is 10.4 Å². The minimum Gasteiger partial charge on any atom is -0.481 e. The van der Waals surface area contributed by atoms with Crippen LogP contribution in [-0.2, 0) is 19.6 Å². The molecule has 0 aromatic heterocycles. The Balaban J connectivity index is 4.76. The second-order valence-corrected chi connectivity index (χ2v) is 8.70. The van der Waals surface area contributed by atoms with Gasteiger partial charge in [0.15, 0.2) is 0 Å². The maximum atomic E-state index is 12.1. The van der Waals surface area contributed by atoms with Crippen molar-refractivity contribution in [2.24, 2.45) is 10.8 Å². The van der Waals surface area contributed by atoms with Gasteiger partial charge in [-0.05, 0) is 25.7 Å². The number of carbonyl (C=O) groups excluding carboxylic acids is 1. The Morgan fingerprint density at radius 3 is 1.95 bits per heavy atom. The molecule has 21 heavy (non-hydrogen) atoms. The molecule has 0 aliphatic carbocycles. The summed E-state index contributed by atoms with van der Waals surface area (Å²) in [6.45, 7) is 8.54. The minimum absolute atomic E-state index is 0.163. The van der Waals surface area contributed by atoms with Crippen LogP contribution in [0.2, 0.25) is 0 Å². The molecule has 1 unspecified atom stereocenters. The highest BCUT2D eigenvalue weighted by Gasteiger charge is 2.34. The molecule has 0 aromatic carbocycles. The SMILES string of the molecule is CC(C)(CCNC(=O)C(NS(C)(=O)=O)C(C)(C)C)C(=O)O. The third kappa shape index (κ3) is 7.42. The lowest BCUT2D eigenvalue weighted by Gasteiger charge is -2.30. The first-order valence-corrected chi connectivity index (χ1v) is 8.54. The van der Waals surface area contributed by atoms with E-state index < -0.39 is 38.8 Å². The summed E-state index contributed by atoms with van der Waals surface area (Å²) in [4.78, 5) is 23.1. The van der Waals surface area contributed by atoms with Crippen LogP contribution >= 0.6 is 0 Å². The summed E-state index contributed by atoms with van der Waals surface area (Å²) in [5.74, 6) is -1.41. The van der Waals surface area contributed by atoms with E-state index in [1.165, 1.54) is 0 Å². The van der Waals surface area contributed by atoms with Crippen molar-refractivity contribution in [2.45, 2.75) is 47.1 Å². The summed E-state index contributed by atoms with van der Waals surface area (Å²) in [5, 5.41) is 11.6. The number of hydrogen-bond acceptors (Lipinski definition) is 4. The van der Waals surface area contributed by atoms with E-state index in [1.807, 2.05) is 0 Å². The van der Waals surface area contributed by atoms with Crippen LogP contribution in [0.25, 0.3) is 0 Å². The van der Waals surface area contributed by atoms with Crippen molar-refractivity contribution in [1.82, 2.24) is 10.0 Å². The smallest absolute Gasteiger partial charge is 0.309 e. The third-order valence-corrected chi connectivity index (χ3v) is 3.75.